The predicted octanol–water partition coefficient (Wildman–Crippen LogP) is 4.10. The first-order valence-corrected chi connectivity index (χ1v) is 9.62. The molecular formula is C18H26ClN3OS. The van der Waals surface area contributed by atoms with Gasteiger partial charge in [0.05, 0.1) is 10.6 Å². The third kappa shape index (κ3) is 4.39. The minimum absolute atomic E-state index is 0. The van der Waals surface area contributed by atoms with Gasteiger partial charge in [-0.3, -0.25) is 4.90 Å². The normalized spacial score (nSPS) is 19.4. The Kier molecular flexibility index (Phi) is 5.98. The first kappa shape index (κ1) is 17.9. The van der Waals surface area contributed by atoms with Gasteiger partial charge in [-0.2, -0.15) is 0 Å². The first-order valence-electron chi connectivity index (χ1n) is 8.74. The molecular weight excluding hydrogens is 342 g/mol. The zero-order chi connectivity index (χ0) is 15.6. The Morgan fingerprint density at radius 3 is 2.75 bits per heavy atom. The van der Waals surface area contributed by atoms with Crippen molar-refractivity contribution in [1.82, 2.24) is 15.2 Å². The first-order chi connectivity index (χ1) is 11.3. The van der Waals surface area contributed by atoms with Gasteiger partial charge in [0, 0.05) is 25.7 Å². The minimum atomic E-state index is 0. The molecule has 3 heterocycles. The zero-order valence-electron chi connectivity index (χ0n) is 14.2. The van der Waals surface area contributed by atoms with E-state index in [-0.39, 0.29) is 12.4 Å². The van der Waals surface area contributed by atoms with Crippen LogP contribution in [0.1, 0.15) is 37.1 Å². The lowest BCUT2D eigenvalue weighted by Gasteiger charge is -2.32. The van der Waals surface area contributed by atoms with Crippen molar-refractivity contribution < 1.29 is 4.42 Å². The second-order valence-electron chi connectivity index (χ2n) is 6.90. The molecule has 1 saturated carbocycles. The number of hydrogen-bond acceptors (Lipinski definition) is 5. The summed E-state index contributed by atoms with van der Waals surface area (Å²) >= 11 is 1.68. The van der Waals surface area contributed by atoms with Crippen molar-refractivity contribution in [3.05, 3.63) is 29.0 Å². The topological polar surface area (TPSA) is 41.3 Å². The Labute approximate surface area is 154 Å². The highest BCUT2D eigenvalue weighted by molar-refractivity contribution is 7.13. The molecule has 6 heteroatoms. The summed E-state index contributed by atoms with van der Waals surface area (Å²) in [4.78, 5) is 8.35. The average Bonchev–Trinajstić information content (AvgIpc) is 3.09. The zero-order valence-corrected chi connectivity index (χ0v) is 15.8. The molecule has 2 aromatic rings. The van der Waals surface area contributed by atoms with Gasteiger partial charge in [-0.1, -0.05) is 6.07 Å². The van der Waals surface area contributed by atoms with Crippen LogP contribution in [0.15, 0.2) is 21.9 Å². The van der Waals surface area contributed by atoms with Crippen LogP contribution in [0.2, 0.25) is 0 Å². The highest BCUT2D eigenvalue weighted by Crippen LogP contribution is 2.29. The third-order valence-corrected chi connectivity index (χ3v) is 5.84. The number of rotatable bonds is 6. The van der Waals surface area contributed by atoms with E-state index in [0.29, 0.717) is 6.04 Å². The van der Waals surface area contributed by atoms with E-state index >= 15 is 0 Å². The van der Waals surface area contributed by atoms with Gasteiger partial charge in [-0.15, -0.1) is 23.7 Å². The lowest BCUT2D eigenvalue weighted by Crippen LogP contribution is -2.42. The Morgan fingerprint density at radius 2 is 2.08 bits per heavy atom. The summed E-state index contributed by atoms with van der Waals surface area (Å²) in [5.41, 5.74) is 1.10. The van der Waals surface area contributed by atoms with E-state index in [1.165, 1.54) is 32.2 Å². The van der Waals surface area contributed by atoms with Crippen molar-refractivity contribution in [3.8, 4) is 10.8 Å². The number of aryl methyl sites for hydroxylation is 1. The van der Waals surface area contributed by atoms with Crippen molar-refractivity contribution in [3.63, 3.8) is 0 Å². The molecule has 4 nitrogen and oxygen atoms in total. The molecule has 2 aliphatic rings. The fourth-order valence-corrected chi connectivity index (χ4v) is 3.89. The van der Waals surface area contributed by atoms with Gasteiger partial charge in [-0.25, -0.2) is 4.98 Å². The molecule has 0 spiro atoms. The SMILES string of the molecule is Cc1oc(-c2cccs2)nc1CN1CCC(NCC2CC2)CC1.Cl. The van der Waals surface area contributed by atoms with Crippen LogP contribution in [0.3, 0.4) is 0 Å². The Bertz CT molecular complexity index is 631. The molecule has 0 unspecified atom stereocenters. The number of nitrogens with zero attached hydrogens (tertiary/aromatic N) is 2. The third-order valence-electron chi connectivity index (χ3n) is 4.98. The number of aromatic nitrogens is 1. The fraction of sp³-hybridized carbons (Fsp3) is 0.611. The van der Waals surface area contributed by atoms with Crippen LogP contribution in [0.5, 0.6) is 0 Å². The highest BCUT2D eigenvalue weighted by atomic mass is 35.5. The standard InChI is InChI=1S/C18H25N3OS.ClH/c1-13-16(20-18(22-13)17-3-2-10-23-17)12-21-8-6-15(7-9-21)19-11-14-4-5-14;/h2-3,10,14-15,19H,4-9,11-12H2,1H3;1H. The van der Waals surface area contributed by atoms with Crippen LogP contribution in [-0.2, 0) is 6.54 Å². The molecule has 24 heavy (non-hydrogen) atoms. The molecule has 4 rings (SSSR count). The molecule has 1 aliphatic carbocycles. The van der Waals surface area contributed by atoms with Gasteiger partial charge in [0.1, 0.15) is 5.76 Å². The molecule has 1 N–H and O–H groups in total. The van der Waals surface area contributed by atoms with Crippen LogP contribution in [0, 0.1) is 12.8 Å². The monoisotopic (exact) mass is 367 g/mol. The lowest BCUT2D eigenvalue weighted by atomic mass is 10.0. The molecule has 0 aromatic carbocycles. The maximum absolute atomic E-state index is 5.85. The largest absolute Gasteiger partial charge is 0.440 e. The lowest BCUT2D eigenvalue weighted by molar-refractivity contribution is 0.188. The summed E-state index contributed by atoms with van der Waals surface area (Å²) in [7, 11) is 0. The molecule has 1 saturated heterocycles. The molecule has 2 fully saturated rings. The number of halogens is 1. The summed E-state index contributed by atoms with van der Waals surface area (Å²) < 4.78 is 5.85. The number of oxazole rings is 1. The van der Waals surface area contributed by atoms with Gasteiger partial charge >= 0.3 is 0 Å². The van der Waals surface area contributed by atoms with Crippen LogP contribution in [-0.4, -0.2) is 35.6 Å². The molecule has 0 bridgehead atoms. The van der Waals surface area contributed by atoms with E-state index in [2.05, 4.69) is 21.7 Å². The van der Waals surface area contributed by atoms with Gasteiger partial charge in [0.15, 0.2) is 0 Å². The number of piperidine rings is 1. The smallest absolute Gasteiger partial charge is 0.236 e. The summed E-state index contributed by atoms with van der Waals surface area (Å²) in [5, 5.41) is 5.81. The van der Waals surface area contributed by atoms with Crippen LogP contribution in [0.25, 0.3) is 10.8 Å². The Hall–Kier alpha value is -0.880. The van der Waals surface area contributed by atoms with Crippen LogP contribution < -0.4 is 5.32 Å². The summed E-state index contributed by atoms with van der Waals surface area (Å²) in [6, 6.07) is 4.82. The van der Waals surface area contributed by atoms with E-state index in [0.717, 1.165) is 47.8 Å². The van der Waals surface area contributed by atoms with Crippen LogP contribution >= 0.6 is 23.7 Å². The molecule has 2 aromatic heterocycles. The molecule has 0 amide bonds. The second kappa shape index (κ2) is 8.00. The predicted molar refractivity (Wildman–Crippen MR) is 101 cm³/mol. The molecule has 0 atom stereocenters. The average molecular weight is 368 g/mol. The Morgan fingerprint density at radius 1 is 1.29 bits per heavy atom. The van der Waals surface area contributed by atoms with Crippen molar-refractivity contribution in [2.24, 2.45) is 5.92 Å². The Balaban J connectivity index is 0.00000169. The summed E-state index contributed by atoms with van der Waals surface area (Å²) in [6.45, 7) is 6.49. The fourth-order valence-electron chi connectivity index (χ4n) is 3.24. The van der Waals surface area contributed by atoms with E-state index in [1.807, 2.05) is 13.0 Å². The number of hydrogen-bond donors (Lipinski definition) is 1. The second-order valence-corrected chi connectivity index (χ2v) is 7.85. The van der Waals surface area contributed by atoms with E-state index in [4.69, 9.17) is 9.40 Å². The highest BCUT2D eigenvalue weighted by Gasteiger charge is 2.25. The minimum Gasteiger partial charge on any atom is -0.440 e. The number of likely N-dealkylation sites (tertiary alicyclic amines) is 1. The van der Waals surface area contributed by atoms with Crippen molar-refractivity contribution in [1.29, 1.82) is 0 Å². The maximum Gasteiger partial charge on any atom is 0.236 e. The summed E-state index contributed by atoms with van der Waals surface area (Å²) in [6.07, 6.45) is 5.37. The van der Waals surface area contributed by atoms with E-state index in [1.54, 1.807) is 11.3 Å². The van der Waals surface area contributed by atoms with Gasteiger partial charge in [-0.05, 0) is 56.5 Å². The van der Waals surface area contributed by atoms with E-state index < -0.39 is 0 Å². The van der Waals surface area contributed by atoms with Crippen molar-refractivity contribution >= 4 is 23.7 Å². The molecule has 132 valence electrons. The van der Waals surface area contributed by atoms with E-state index in [9.17, 15) is 0 Å². The summed E-state index contributed by atoms with van der Waals surface area (Å²) in [5.74, 6) is 2.71. The van der Waals surface area contributed by atoms with Gasteiger partial charge in [0.2, 0.25) is 5.89 Å². The van der Waals surface area contributed by atoms with Gasteiger partial charge < -0.3 is 9.73 Å². The number of nitrogens with one attached hydrogen (secondary N) is 1. The number of thiophene rings is 1. The maximum atomic E-state index is 5.85. The van der Waals surface area contributed by atoms with Crippen molar-refractivity contribution in [2.75, 3.05) is 19.6 Å². The molecule has 0 radical (unpaired) electrons. The van der Waals surface area contributed by atoms with Gasteiger partial charge in [0.25, 0.3) is 0 Å². The quantitative estimate of drug-likeness (QED) is 0.834. The van der Waals surface area contributed by atoms with Crippen molar-refractivity contribution in [2.45, 2.75) is 45.2 Å². The molecule has 1 aliphatic heterocycles. The van der Waals surface area contributed by atoms with Crippen LogP contribution in [0.4, 0.5) is 0 Å².